The highest BCUT2D eigenvalue weighted by molar-refractivity contribution is 5.75. The van der Waals surface area contributed by atoms with E-state index in [4.69, 9.17) is 4.74 Å². The molecule has 2 rings (SSSR count). The second kappa shape index (κ2) is 13.9. The zero-order valence-corrected chi connectivity index (χ0v) is 19.3. The van der Waals surface area contributed by atoms with Crippen molar-refractivity contribution in [2.75, 3.05) is 0 Å². The van der Waals surface area contributed by atoms with Crippen LogP contribution in [0.15, 0.2) is 30.6 Å². The van der Waals surface area contributed by atoms with Gasteiger partial charge in [-0.05, 0) is 43.0 Å². The van der Waals surface area contributed by atoms with E-state index in [9.17, 15) is 9.18 Å². The van der Waals surface area contributed by atoms with Gasteiger partial charge in [-0.25, -0.2) is 14.4 Å². The van der Waals surface area contributed by atoms with Gasteiger partial charge in [-0.15, -0.1) is 0 Å². The van der Waals surface area contributed by atoms with Crippen LogP contribution in [0, 0.1) is 11.7 Å². The number of halogens is 1. The zero-order valence-electron chi connectivity index (χ0n) is 19.3. The monoisotopic (exact) mass is 428 g/mol. The average Bonchev–Trinajstić information content (AvgIpc) is 2.79. The number of hydrogen-bond donors (Lipinski definition) is 0. The third-order valence-corrected chi connectivity index (χ3v) is 5.69. The molecule has 0 aliphatic rings. The first-order valence-corrected chi connectivity index (χ1v) is 11.9. The Hall–Kier alpha value is -2.30. The van der Waals surface area contributed by atoms with Gasteiger partial charge in [0.1, 0.15) is 0 Å². The number of esters is 1. The Labute approximate surface area is 186 Å². The number of unbranched alkanes of at least 4 members (excludes halogenated alkanes) is 8. The Bertz CT molecular complexity index is 792. The van der Waals surface area contributed by atoms with E-state index in [-0.39, 0.29) is 11.7 Å². The van der Waals surface area contributed by atoms with Crippen molar-refractivity contribution in [3.8, 4) is 17.1 Å². The number of ether oxygens (including phenoxy) is 1. The summed E-state index contributed by atoms with van der Waals surface area (Å²) in [4.78, 5) is 20.7. The van der Waals surface area contributed by atoms with Crippen molar-refractivity contribution in [1.82, 2.24) is 9.97 Å². The molecule has 0 amide bonds. The van der Waals surface area contributed by atoms with Crippen molar-refractivity contribution >= 4 is 5.97 Å². The molecule has 1 aromatic heterocycles. The molecule has 1 unspecified atom stereocenters. The quantitative estimate of drug-likeness (QED) is 0.180. The Balaban J connectivity index is 1.78. The van der Waals surface area contributed by atoms with E-state index in [0.717, 1.165) is 18.4 Å². The molecule has 0 aliphatic carbocycles. The van der Waals surface area contributed by atoms with E-state index in [1.807, 2.05) is 19.3 Å². The Morgan fingerprint density at radius 1 is 0.968 bits per heavy atom. The van der Waals surface area contributed by atoms with Crippen LogP contribution >= 0.6 is 0 Å². The Kier molecular flexibility index (Phi) is 11.2. The van der Waals surface area contributed by atoms with Crippen LogP contribution in [-0.4, -0.2) is 15.9 Å². The molecule has 0 radical (unpaired) electrons. The van der Waals surface area contributed by atoms with Gasteiger partial charge in [0.05, 0.1) is 5.92 Å². The highest BCUT2D eigenvalue weighted by Gasteiger charge is 2.16. The molecule has 0 aliphatic heterocycles. The predicted octanol–water partition coefficient (Wildman–Crippen LogP) is 7.31. The largest absolute Gasteiger partial charge is 0.423 e. The maximum atomic E-state index is 14.4. The summed E-state index contributed by atoms with van der Waals surface area (Å²) in [7, 11) is 0. The number of benzene rings is 1. The van der Waals surface area contributed by atoms with Gasteiger partial charge in [0.15, 0.2) is 17.4 Å². The van der Waals surface area contributed by atoms with Gasteiger partial charge in [0.2, 0.25) is 0 Å². The lowest BCUT2D eigenvalue weighted by Gasteiger charge is -2.10. The molecule has 170 valence electrons. The van der Waals surface area contributed by atoms with Crippen molar-refractivity contribution in [3.05, 3.63) is 42.0 Å². The Morgan fingerprint density at radius 2 is 1.58 bits per heavy atom. The van der Waals surface area contributed by atoms with E-state index >= 15 is 0 Å². The normalized spacial score (nSPS) is 12.0. The number of aryl methyl sites for hydroxylation is 1. The van der Waals surface area contributed by atoms with Gasteiger partial charge < -0.3 is 4.74 Å². The maximum Gasteiger partial charge on any atom is 0.314 e. The lowest BCUT2D eigenvalue weighted by Crippen LogP contribution is -2.17. The summed E-state index contributed by atoms with van der Waals surface area (Å²) < 4.78 is 19.5. The summed E-state index contributed by atoms with van der Waals surface area (Å²) in [6.07, 6.45) is 17.0. The van der Waals surface area contributed by atoms with Gasteiger partial charge >= 0.3 is 5.97 Å². The number of rotatable bonds is 14. The highest BCUT2D eigenvalue weighted by atomic mass is 19.1. The summed E-state index contributed by atoms with van der Waals surface area (Å²) in [5, 5.41) is 0. The lowest BCUT2D eigenvalue weighted by molar-refractivity contribution is -0.138. The maximum absolute atomic E-state index is 14.4. The highest BCUT2D eigenvalue weighted by Crippen LogP contribution is 2.24. The fourth-order valence-corrected chi connectivity index (χ4v) is 3.37. The molecule has 0 spiro atoms. The summed E-state index contributed by atoms with van der Waals surface area (Å²) in [6.45, 7) is 5.90. The Morgan fingerprint density at radius 3 is 2.16 bits per heavy atom. The van der Waals surface area contributed by atoms with E-state index in [2.05, 4.69) is 16.9 Å². The summed E-state index contributed by atoms with van der Waals surface area (Å²) >= 11 is 0. The number of carbonyl (C=O) groups is 1. The minimum Gasteiger partial charge on any atom is -0.423 e. The van der Waals surface area contributed by atoms with Crippen LogP contribution in [0.4, 0.5) is 4.39 Å². The minimum absolute atomic E-state index is 0.0592. The lowest BCUT2D eigenvalue weighted by atomic mass is 10.1. The van der Waals surface area contributed by atoms with Crippen LogP contribution in [0.3, 0.4) is 0 Å². The summed E-state index contributed by atoms with van der Waals surface area (Å²) in [5.74, 6) is -0.867. The first kappa shape index (κ1) is 25.0. The zero-order chi connectivity index (χ0) is 22.5. The van der Waals surface area contributed by atoms with Crippen molar-refractivity contribution in [2.24, 2.45) is 5.92 Å². The van der Waals surface area contributed by atoms with Crippen LogP contribution in [0.2, 0.25) is 0 Å². The molecule has 0 N–H and O–H groups in total. The molecule has 0 fully saturated rings. The van der Waals surface area contributed by atoms with Crippen LogP contribution in [0.5, 0.6) is 5.75 Å². The van der Waals surface area contributed by atoms with Crippen molar-refractivity contribution in [1.29, 1.82) is 0 Å². The predicted molar refractivity (Wildman–Crippen MR) is 123 cm³/mol. The molecule has 1 atom stereocenters. The third kappa shape index (κ3) is 8.76. The van der Waals surface area contributed by atoms with Gasteiger partial charge in [0.25, 0.3) is 0 Å². The van der Waals surface area contributed by atoms with Gasteiger partial charge in [-0.1, -0.05) is 72.1 Å². The smallest absolute Gasteiger partial charge is 0.314 e. The third-order valence-electron chi connectivity index (χ3n) is 5.69. The molecule has 0 bridgehead atoms. The van der Waals surface area contributed by atoms with Crippen molar-refractivity contribution < 1.29 is 13.9 Å². The second-order valence-electron chi connectivity index (χ2n) is 8.37. The fourth-order valence-electron chi connectivity index (χ4n) is 3.37. The SMILES string of the molecule is CCCCCCCCCCCc1cnc(-c2ccc(OC(=O)C(C)CC)c(F)c2)nc1. The molecule has 0 saturated heterocycles. The molecule has 4 nitrogen and oxygen atoms in total. The van der Waals surface area contributed by atoms with E-state index < -0.39 is 11.8 Å². The summed E-state index contributed by atoms with van der Waals surface area (Å²) in [6, 6.07) is 4.46. The minimum atomic E-state index is -0.587. The number of aromatic nitrogens is 2. The van der Waals surface area contributed by atoms with Gasteiger partial charge in [-0.2, -0.15) is 0 Å². The second-order valence-corrected chi connectivity index (χ2v) is 8.37. The topological polar surface area (TPSA) is 52.1 Å². The van der Waals surface area contributed by atoms with Crippen LogP contribution in [0.1, 0.15) is 90.5 Å². The molecule has 0 saturated carbocycles. The first-order chi connectivity index (χ1) is 15.0. The number of carbonyl (C=O) groups excluding carboxylic acids is 1. The van der Waals surface area contributed by atoms with E-state index in [0.29, 0.717) is 17.8 Å². The molecule has 1 heterocycles. The summed E-state index contributed by atoms with van der Waals surface area (Å²) in [5.41, 5.74) is 1.67. The first-order valence-electron chi connectivity index (χ1n) is 11.9. The molecular weight excluding hydrogens is 391 g/mol. The average molecular weight is 429 g/mol. The molecule has 31 heavy (non-hydrogen) atoms. The molecule has 5 heteroatoms. The number of nitrogens with zero attached hydrogens (tertiary/aromatic N) is 2. The van der Waals surface area contributed by atoms with Gasteiger partial charge in [-0.3, -0.25) is 4.79 Å². The number of hydrogen-bond acceptors (Lipinski definition) is 4. The van der Waals surface area contributed by atoms with Crippen LogP contribution < -0.4 is 4.74 Å². The van der Waals surface area contributed by atoms with Crippen LogP contribution in [0.25, 0.3) is 11.4 Å². The van der Waals surface area contributed by atoms with Crippen LogP contribution in [-0.2, 0) is 11.2 Å². The van der Waals surface area contributed by atoms with Crippen molar-refractivity contribution in [2.45, 2.75) is 91.4 Å². The van der Waals surface area contributed by atoms with E-state index in [1.54, 1.807) is 13.0 Å². The molecular formula is C26H37FN2O2. The van der Waals surface area contributed by atoms with Crippen molar-refractivity contribution in [3.63, 3.8) is 0 Å². The van der Waals surface area contributed by atoms with Gasteiger partial charge in [0, 0.05) is 18.0 Å². The molecule has 1 aromatic carbocycles. The molecule has 2 aromatic rings. The fraction of sp³-hybridized carbons (Fsp3) is 0.577. The standard InChI is InChI=1S/C26H37FN2O2/c1-4-6-7-8-9-10-11-12-13-14-21-18-28-25(29-19-21)22-15-16-24(23(27)17-22)31-26(30)20(3)5-2/h15-20H,4-14H2,1-3H3. The van der Waals surface area contributed by atoms with E-state index in [1.165, 1.54) is 63.5 Å².